The minimum Gasteiger partial charge on any atom is -0.497 e. The summed E-state index contributed by atoms with van der Waals surface area (Å²) >= 11 is 0. The van der Waals surface area contributed by atoms with Crippen molar-refractivity contribution in [1.29, 1.82) is 5.26 Å². The molecule has 0 heterocycles. The molecular weight excluding hydrogens is 254 g/mol. The smallest absolute Gasteiger partial charge is 0.142 e. The molecule has 0 radical (unpaired) electrons. The Morgan fingerprint density at radius 3 is 2.50 bits per heavy atom. The van der Waals surface area contributed by atoms with Gasteiger partial charge in [0.05, 0.1) is 31.2 Å². The van der Waals surface area contributed by atoms with Crippen LogP contribution >= 0.6 is 0 Å². The van der Waals surface area contributed by atoms with Crippen LogP contribution in [0.4, 0.5) is 17.1 Å². The number of anilines is 3. The average Bonchev–Trinajstić information content (AvgIpc) is 2.48. The van der Waals surface area contributed by atoms with E-state index in [9.17, 15) is 0 Å². The Bertz CT molecular complexity index is 663. The van der Waals surface area contributed by atoms with Crippen LogP contribution in [0.3, 0.4) is 0 Å². The van der Waals surface area contributed by atoms with Gasteiger partial charge in [-0.2, -0.15) is 5.26 Å². The van der Waals surface area contributed by atoms with E-state index in [1.54, 1.807) is 50.6 Å². The zero-order valence-electron chi connectivity index (χ0n) is 11.3. The van der Waals surface area contributed by atoms with Gasteiger partial charge in [0.25, 0.3) is 0 Å². The number of nitriles is 1. The fourth-order valence-corrected chi connectivity index (χ4v) is 1.82. The molecule has 0 aliphatic carbocycles. The molecule has 20 heavy (non-hydrogen) atoms. The maximum atomic E-state index is 9.15. The van der Waals surface area contributed by atoms with E-state index in [-0.39, 0.29) is 0 Å². The van der Waals surface area contributed by atoms with Crippen LogP contribution in [0, 0.1) is 11.3 Å². The molecular formula is C15H15N3O2. The van der Waals surface area contributed by atoms with Gasteiger partial charge < -0.3 is 20.5 Å². The molecule has 0 spiro atoms. The minimum absolute atomic E-state index is 0.467. The molecule has 0 aliphatic heterocycles. The van der Waals surface area contributed by atoms with Crippen LogP contribution in [0.15, 0.2) is 36.4 Å². The van der Waals surface area contributed by atoms with Gasteiger partial charge in [-0.3, -0.25) is 0 Å². The summed E-state index contributed by atoms with van der Waals surface area (Å²) in [5, 5.41) is 12.3. The second-order valence-electron chi connectivity index (χ2n) is 4.11. The first-order chi connectivity index (χ1) is 9.67. The first-order valence-electron chi connectivity index (χ1n) is 5.96. The van der Waals surface area contributed by atoms with Gasteiger partial charge in [-0.15, -0.1) is 0 Å². The second kappa shape index (κ2) is 5.85. The topological polar surface area (TPSA) is 80.3 Å². The number of nitrogens with one attached hydrogen (secondary N) is 1. The number of nitrogen functional groups attached to an aromatic ring is 1. The third-order valence-corrected chi connectivity index (χ3v) is 2.84. The van der Waals surface area contributed by atoms with Crippen molar-refractivity contribution in [3.63, 3.8) is 0 Å². The largest absolute Gasteiger partial charge is 0.497 e. The quantitative estimate of drug-likeness (QED) is 0.834. The maximum absolute atomic E-state index is 9.15. The molecule has 0 amide bonds. The summed E-state index contributed by atoms with van der Waals surface area (Å²) < 4.78 is 10.5. The number of methoxy groups -OCH3 is 2. The number of ether oxygens (including phenoxy) is 2. The monoisotopic (exact) mass is 269 g/mol. The summed E-state index contributed by atoms with van der Waals surface area (Å²) in [6.45, 7) is 0. The Morgan fingerprint density at radius 2 is 1.85 bits per heavy atom. The molecule has 0 saturated heterocycles. The van der Waals surface area contributed by atoms with Crippen LogP contribution in [0.1, 0.15) is 5.56 Å². The fraction of sp³-hybridized carbons (Fsp3) is 0.133. The predicted molar refractivity (Wildman–Crippen MR) is 78.4 cm³/mol. The highest BCUT2D eigenvalue weighted by Gasteiger charge is 2.08. The molecule has 102 valence electrons. The van der Waals surface area contributed by atoms with E-state index in [0.29, 0.717) is 34.1 Å². The molecule has 0 aromatic heterocycles. The third-order valence-electron chi connectivity index (χ3n) is 2.84. The highest BCUT2D eigenvalue weighted by molar-refractivity contribution is 5.73. The Labute approximate surface area is 117 Å². The summed E-state index contributed by atoms with van der Waals surface area (Å²) in [7, 11) is 3.18. The molecule has 2 rings (SSSR count). The number of hydrogen-bond donors (Lipinski definition) is 2. The van der Waals surface area contributed by atoms with Gasteiger partial charge in [-0.05, 0) is 30.3 Å². The summed E-state index contributed by atoms with van der Waals surface area (Å²) in [5.74, 6) is 1.36. The molecule has 0 aliphatic rings. The van der Waals surface area contributed by atoms with E-state index in [1.165, 1.54) is 0 Å². The number of nitrogens with zero attached hydrogens (tertiary/aromatic N) is 1. The van der Waals surface area contributed by atoms with Gasteiger partial charge in [-0.1, -0.05) is 0 Å². The number of benzene rings is 2. The second-order valence-corrected chi connectivity index (χ2v) is 4.11. The molecule has 0 saturated carbocycles. The summed E-state index contributed by atoms with van der Waals surface area (Å²) in [6.07, 6.45) is 0. The lowest BCUT2D eigenvalue weighted by molar-refractivity contribution is 0.405. The normalized spacial score (nSPS) is 9.65. The molecule has 0 unspecified atom stereocenters. The van der Waals surface area contributed by atoms with Crippen molar-refractivity contribution in [1.82, 2.24) is 0 Å². The SMILES string of the molecule is COc1ccc(OC)c(Nc2ccc(N)cc2C#N)c1. The molecule has 2 aromatic carbocycles. The Morgan fingerprint density at radius 1 is 1.05 bits per heavy atom. The van der Waals surface area contributed by atoms with Crippen molar-refractivity contribution in [2.24, 2.45) is 0 Å². The number of nitrogens with two attached hydrogens (primary N) is 1. The van der Waals surface area contributed by atoms with Crippen LogP contribution in [-0.2, 0) is 0 Å². The van der Waals surface area contributed by atoms with Crippen molar-refractivity contribution < 1.29 is 9.47 Å². The lowest BCUT2D eigenvalue weighted by atomic mass is 10.1. The summed E-state index contributed by atoms with van der Waals surface area (Å²) in [5.41, 5.74) is 8.06. The van der Waals surface area contributed by atoms with E-state index in [2.05, 4.69) is 11.4 Å². The zero-order valence-corrected chi connectivity index (χ0v) is 11.3. The highest BCUT2D eigenvalue weighted by Crippen LogP contribution is 2.32. The first kappa shape index (κ1) is 13.6. The van der Waals surface area contributed by atoms with E-state index in [0.717, 1.165) is 0 Å². The fourth-order valence-electron chi connectivity index (χ4n) is 1.82. The van der Waals surface area contributed by atoms with Crippen LogP contribution in [-0.4, -0.2) is 14.2 Å². The van der Waals surface area contributed by atoms with Gasteiger partial charge in [0.2, 0.25) is 0 Å². The lowest BCUT2D eigenvalue weighted by Gasteiger charge is -2.13. The number of hydrogen-bond acceptors (Lipinski definition) is 5. The van der Waals surface area contributed by atoms with Gasteiger partial charge in [0.15, 0.2) is 0 Å². The minimum atomic E-state index is 0.467. The summed E-state index contributed by atoms with van der Waals surface area (Å²) in [6, 6.07) is 12.6. The average molecular weight is 269 g/mol. The van der Waals surface area contributed by atoms with Crippen molar-refractivity contribution in [3.8, 4) is 17.6 Å². The van der Waals surface area contributed by atoms with Crippen LogP contribution < -0.4 is 20.5 Å². The number of rotatable bonds is 4. The van der Waals surface area contributed by atoms with E-state index in [4.69, 9.17) is 20.5 Å². The van der Waals surface area contributed by atoms with E-state index < -0.39 is 0 Å². The maximum Gasteiger partial charge on any atom is 0.142 e. The molecule has 0 fully saturated rings. The summed E-state index contributed by atoms with van der Waals surface area (Å²) in [4.78, 5) is 0. The van der Waals surface area contributed by atoms with Gasteiger partial charge in [0.1, 0.15) is 17.6 Å². The third kappa shape index (κ3) is 2.75. The predicted octanol–water partition coefficient (Wildman–Crippen LogP) is 2.90. The van der Waals surface area contributed by atoms with Gasteiger partial charge in [0, 0.05) is 11.8 Å². The lowest BCUT2D eigenvalue weighted by Crippen LogP contribution is -1.98. The van der Waals surface area contributed by atoms with Crippen LogP contribution in [0.2, 0.25) is 0 Å². The van der Waals surface area contributed by atoms with Crippen molar-refractivity contribution in [3.05, 3.63) is 42.0 Å². The van der Waals surface area contributed by atoms with Gasteiger partial charge >= 0.3 is 0 Å². The van der Waals surface area contributed by atoms with E-state index in [1.807, 2.05) is 0 Å². The Kier molecular flexibility index (Phi) is 3.96. The Balaban J connectivity index is 2.41. The van der Waals surface area contributed by atoms with Crippen LogP contribution in [0.5, 0.6) is 11.5 Å². The molecule has 0 atom stereocenters. The van der Waals surface area contributed by atoms with Crippen LogP contribution in [0.25, 0.3) is 0 Å². The van der Waals surface area contributed by atoms with Crippen molar-refractivity contribution in [2.45, 2.75) is 0 Å². The standard InChI is InChI=1S/C15H15N3O2/c1-19-12-4-6-15(20-2)14(8-12)18-13-5-3-11(17)7-10(13)9-16/h3-8,18H,17H2,1-2H3. The van der Waals surface area contributed by atoms with Crippen molar-refractivity contribution in [2.75, 3.05) is 25.3 Å². The molecule has 2 aromatic rings. The van der Waals surface area contributed by atoms with Gasteiger partial charge in [-0.25, -0.2) is 0 Å². The molecule has 5 heteroatoms. The first-order valence-corrected chi connectivity index (χ1v) is 5.96. The highest BCUT2D eigenvalue weighted by atomic mass is 16.5. The molecule has 0 bridgehead atoms. The molecule has 3 N–H and O–H groups in total. The molecule has 5 nitrogen and oxygen atoms in total. The zero-order chi connectivity index (χ0) is 14.5. The van der Waals surface area contributed by atoms with Crippen molar-refractivity contribution >= 4 is 17.1 Å². The Hall–Kier alpha value is -2.87. The van der Waals surface area contributed by atoms with E-state index >= 15 is 0 Å².